The average molecular weight is 505 g/mol. The van der Waals surface area contributed by atoms with E-state index < -0.39 is 0 Å². The molecule has 7 nitrogen and oxygen atoms in total. The molecule has 1 N–H and O–H groups in total. The molecule has 2 rings (SSSR count). The second kappa shape index (κ2) is 12.1. The van der Waals surface area contributed by atoms with Crippen LogP contribution in [-0.4, -0.2) is 48.6 Å². The molecule has 150 valence electrons. The molecule has 0 saturated carbocycles. The summed E-state index contributed by atoms with van der Waals surface area (Å²) in [5.74, 6) is 1.43. The van der Waals surface area contributed by atoms with Crippen LogP contribution in [0.1, 0.15) is 36.2 Å². The van der Waals surface area contributed by atoms with Crippen molar-refractivity contribution in [3.8, 4) is 5.88 Å². The van der Waals surface area contributed by atoms with Gasteiger partial charge in [-0.05, 0) is 19.9 Å². The van der Waals surface area contributed by atoms with E-state index >= 15 is 0 Å². The van der Waals surface area contributed by atoms with Gasteiger partial charge in [0.15, 0.2) is 5.96 Å². The summed E-state index contributed by atoms with van der Waals surface area (Å²) in [5.41, 5.74) is 1.99. The molecular weight excluding hydrogens is 477 g/mol. The van der Waals surface area contributed by atoms with Crippen molar-refractivity contribution in [3.05, 3.63) is 40.0 Å². The number of halogens is 1. The SMILES string of the molecule is CCOc1ncccc1CNC(=NC)N(C)Cc1csc(C(C)OC)n1.I. The van der Waals surface area contributed by atoms with E-state index in [2.05, 4.69) is 25.7 Å². The molecule has 0 spiro atoms. The van der Waals surface area contributed by atoms with E-state index in [4.69, 9.17) is 9.47 Å². The highest BCUT2D eigenvalue weighted by atomic mass is 127. The highest BCUT2D eigenvalue weighted by Crippen LogP contribution is 2.21. The van der Waals surface area contributed by atoms with Crippen LogP contribution in [0.15, 0.2) is 28.7 Å². The summed E-state index contributed by atoms with van der Waals surface area (Å²) in [4.78, 5) is 15.3. The van der Waals surface area contributed by atoms with Crippen molar-refractivity contribution >= 4 is 41.3 Å². The summed E-state index contributed by atoms with van der Waals surface area (Å²) in [6.07, 6.45) is 1.75. The van der Waals surface area contributed by atoms with Gasteiger partial charge in [-0.25, -0.2) is 9.97 Å². The maximum atomic E-state index is 5.57. The minimum absolute atomic E-state index is 0. The number of guanidine groups is 1. The Labute approximate surface area is 182 Å². The van der Waals surface area contributed by atoms with Crippen LogP contribution in [-0.2, 0) is 17.8 Å². The maximum Gasteiger partial charge on any atom is 0.218 e. The minimum atomic E-state index is 0. The van der Waals surface area contributed by atoms with E-state index in [-0.39, 0.29) is 30.1 Å². The van der Waals surface area contributed by atoms with Gasteiger partial charge in [0.05, 0.1) is 18.8 Å². The van der Waals surface area contributed by atoms with Gasteiger partial charge in [-0.3, -0.25) is 4.99 Å². The molecule has 2 aromatic heterocycles. The summed E-state index contributed by atoms with van der Waals surface area (Å²) in [5, 5.41) is 6.39. The molecule has 2 heterocycles. The number of hydrogen-bond donors (Lipinski definition) is 1. The molecule has 0 saturated heterocycles. The Morgan fingerprint density at radius 1 is 1.44 bits per heavy atom. The third-order valence-electron chi connectivity index (χ3n) is 3.81. The van der Waals surface area contributed by atoms with Gasteiger partial charge in [0.2, 0.25) is 5.88 Å². The number of hydrogen-bond acceptors (Lipinski definition) is 6. The fraction of sp³-hybridized carbons (Fsp3) is 0.500. The van der Waals surface area contributed by atoms with E-state index in [0.717, 1.165) is 22.2 Å². The van der Waals surface area contributed by atoms with E-state index in [1.807, 2.05) is 37.9 Å². The molecule has 0 aliphatic carbocycles. The zero-order valence-corrected chi connectivity index (χ0v) is 19.6. The summed E-state index contributed by atoms with van der Waals surface area (Å²) in [7, 11) is 5.45. The Morgan fingerprint density at radius 3 is 2.89 bits per heavy atom. The number of thiazole rings is 1. The third-order valence-corrected chi connectivity index (χ3v) is 4.87. The lowest BCUT2D eigenvalue weighted by Gasteiger charge is -2.21. The fourth-order valence-corrected chi connectivity index (χ4v) is 3.23. The first kappa shape index (κ1) is 23.6. The lowest BCUT2D eigenvalue weighted by Crippen LogP contribution is -2.38. The Morgan fingerprint density at radius 2 is 2.22 bits per heavy atom. The highest BCUT2D eigenvalue weighted by Gasteiger charge is 2.13. The lowest BCUT2D eigenvalue weighted by atomic mass is 10.2. The fourth-order valence-electron chi connectivity index (χ4n) is 2.39. The molecule has 0 aliphatic rings. The van der Waals surface area contributed by atoms with Gasteiger partial charge in [-0.2, -0.15) is 0 Å². The Bertz CT molecular complexity index is 725. The Balaban J connectivity index is 0.00000364. The summed E-state index contributed by atoms with van der Waals surface area (Å²) in [6.45, 7) is 5.79. The van der Waals surface area contributed by atoms with Crippen LogP contribution in [0.5, 0.6) is 5.88 Å². The normalized spacial score (nSPS) is 12.3. The van der Waals surface area contributed by atoms with Crippen molar-refractivity contribution in [1.82, 2.24) is 20.2 Å². The van der Waals surface area contributed by atoms with E-state index in [1.54, 1.807) is 31.7 Å². The van der Waals surface area contributed by atoms with Gasteiger partial charge < -0.3 is 19.7 Å². The van der Waals surface area contributed by atoms with Crippen molar-refractivity contribution < 1.29 is 9.47 Å². The first-order valence-electron chi connectivity index (χ1n) is 8.54. The largest absolute Gasteiger partial charge is 0.478 e. The zero-order chi connectivity index (χ0) is 18.9. The van der Waals surface area contributed by atoms with Gasteiger partial charge in [0.25, 0.3) is 0 Å². The van der Waals surface area contributed by atoms with E-state index in [1.165, 1.54) is 0 Å². The number of methoxy groups -OCH3 is 1. The first-order chi connectivity index (χ1) is 12.6. The van der Waals surface area contributed by atoms with Crippen LogP contribution in [0.2, 0.25) is 0 Å². The molecule has 0 aromatic carbocycles. The van der Waals surface area contributed by atoms with Crippen LogP contribution in [0.3, 0.4) is 0 Å². The summed E-state index contributed by atoms with van der Waals surface area (Å²) in [6, 6.07) is 3.90. The van der Waals surface area contributed by atoms with Crippen LogP contribution in [0.25, 0.3) is 0 Å². The van der Waals surface area contributed by atoms with Crippen molar-refractivity contribution in [3.63, 3.8) is 0 Å². The topological polar surface area (TPSA) is 71.9 Å². The molecule has 0 radical (unpaired) electrons. The molecule has 1 atom stereocenters. The lowest BCUT2D eigenvalue weighted by molar-refractivity contribution is 0.119. The number of nitrogens with zero attached hydrogens (tertiary/aromatic N) is 4. The van der Waals surface area contributed by atoms with Gasteiger partial charge >= 0.3 is 0 Å². The van der Waals surface area contributed by atoms with Gasteiger partial charge in [-0.15, -0.1) is 35.3 Å². The van der Waals surface area contributed by atoms with Crippen LogP contribution in [0.4, 0.5) is 0 Å². The van der Waals surface area contributed by atoms with Crippen LogP contribution >= 0.6 is 35.3 Å². The number of aromatic nitrogens is 2. The first-order valence-corrected chi connectivity index (χ1v) is 9.42. The number of nitrogens with one attached hydrogen (secondary N) is 1. The third kappa shape index (κ3) is 6.89. The predicted octanol–water partition coefficient (Wildman–Crippen LogP) is 3.47. The van der Waals surface area contributed by atoms with Crippen molar-refractivity contribution in [2.24, 2.45) is 4.99 Å². The van der Waals surface area contributed by atoms with Crippen LogP contribution < -0.4 is 10.1 Å². The van der Waals surface area contributed by atoms with E-state index in [9.17, 15) is 0 Å². The predicted molar refractivity (Wildman–Crippen MR) is 120 cm³/mol. The van der Waals surface area contributed by atoms with Crippen molar-refractivity contribution in [1.29, 1.82) is 0 Å². The van der Waals surface area contributed by atoms with Crippen molar-refractivity contribution in [2.75, 3.05) is 27.8 Å². The number of aliphatic imine (C=N–C) groups is 1. The summed E-state index contributed by atoms with van der Waals surface area (Å²) >= 11 is 1.61. The Kier molecular flexibility index (Phi) is 10.6. The molecule has 1 unspecified atom stereocenters. The number of pyridine rings is 1. The van der Waals surface area contributed by atoms with Gasteiger partial charge in [-0.1, -0.05) is 6.07 Å². The molecule has 0 fully saturated rings. The maximum absolute atomic E-state index is 5.57. The molecule has 27 heavy (non-hydrogen) atoms. The second-order valence-corrected chi connectivity index (χ2v) is 6.60. The highest BCUT2D eigenvalue weighted by molar-refractivity contribution is 14.0. The monoisotopic (exact) mass is 505 g/mol. The van der Waals surface area contributed by atoms with Crippen LogP contribution in [0, 0.1) is 0 Å². The quantitative estimate of drug-likeness (QED) is 0.337. The standard InChI is InChI=1S/C18H27N5O2S.HI/c1-6-25-16-14(8-7-9-20-16)10-21-18(19-3)23(4)11-15-12-26-17(22-15)13(2)24-5;/h7-9,12-13H,6,10-11H2,1-5H3,(H,19,21);1H. The number of rotatable bonds is 8. The average Bonchev–Trinajstić information content (AvgIpc) is 3.11. The number of ether oxygens (including phenoxy) is 2. The molecule has 9 heteroatoms. The second-order valence-electron chi connectivity index (χ2n) is 5.71. The zero-order valence-electron chi connectivity index (χ0n) is 16.4. The van der Waals surface area contributed by atoms with E-state index in [0.29, 0.717) is 25.6 Å². The Hall–Kier alpha value is -1.46. The minimum Gasteiger partial charge on any atom is -0.478 e. The van der Waals surface area contributed by atoms with Gasteiger partial charge in [0.1, 0.15) is 11.1 Å². The molecule has 0 amide bonds. The molecule has 2 aromatic rings. The summed E-state index contributed by atoms with van der Waals surface area (Å²) < 4.78 is 10.9. The molecular formula is C18H28IN5O2S. The molecule has 0 aliphatic heterocycles. The smallest absolute Gasteiger partial charge is 0.218 e. The van der Waals surface area contributed by atoms with Gasteiger partial charge in [0, 0.05) is 44.9 Å². The molecule has 0 bridgehead atoms. The van der Waals surface area contributed by atoms with Crippen molar-refractivity contribution in [2.45, 2.75) is 33.0 Å².